The molecular weight excluding hydrogens is 284 g/mol. The lowest BCUT2D eigenvalue weighted by atomic mass is 10.1. The maximum atomic E-state index is 8.85. The molecule has 2 aromatic carbocycles. The average Bonchev–Trinajstić information content (AvgIpc) is 2.99. The molecule has 1 heterocycles. The summed E-state index contributed by atoms with van der Waals surface area (Å²) >= 11 is 1.55. The van der Waals surface area contributed by atoms with Gasteiger partial charge in [0, 0.05) is 5.56 Å². The molecule has 3 rings (SSSR count). The monoisotopic (exact) mass is 296 g/mol. The number of thiazole rings is 1. The highest BCUT2D eigenvalue weighted by molar-refractivity contribution is 7.22. The molecule has 1 aromatic heterocycles. The van der Waals surface area contributed by atoms with Gasteiger partial charge in [0.15, 0.2) is 0 Å². The maximum Gasteiger partial charge on any atom is 0.146 e. The first-order valence-electron chi connectivity index (χ1n) is 6.29. The molecular formula is C16H12N2O2S. The summed E-state index contributed by atoms with van der Waals surface area (Å²) < 4.78 is 11.7. The molecule has 0 aliphatic carbocycles. The van der Waals surface area contributed by atoms with Gasteiger partial charge >= 0.3 is 0 Å². The third kappa shape index (κ3) is 2.30. The van der Waals surface area contributed by atoms with Gasteiger partial charge in [-0.3, -0.25) is 0 Å². The van der Waals surface area contributed by atoms with Crippen LogP contribution in [0.15, 0.2) is 36.4 Å². The van der Waals surface area contributed by atoms with Gasteiger partial charge in [-0.15, -0.1) is 11.3 Å². The number of fused-ring (bicyclic) bond motifs is 1. The molecule has 0 aliphatic heterocycles. The van der Waals surface area contributed by atoms with Gasteiger partial charge in [-0.05, 0) is 24.3 Å². The first-order chi connectivity index (χ1) is 10.3. The van der Waals surface area contributed by atoms with E-state index in [1.807, 2.05) is 24.3 Å². The lowest BCUT2D eigenvalue weighted by Gasteiger charge is -2.03. The highest BCUT2D eigenvalue weighted by Crippen LogP contribution is 2.40. The SMILES string of the molecule is COc1ccc(OC)c2sc(-c3ccc(C#N)cc3)nc12. The number of hydrogen-bond acceptors (Lipinski definition) is 5. The number of ether oxygens (including phenoxy) is 2. The minimum absolute atomic E-state index is 0.634. The van der Waals surface area contributed by atoms with E-state index in [2.05, 4.69) is 11.1 Å². The second-order valence-electron chi connectivity index (χ2n) is 4.36. The van der Waals surface area contributed by atoms with E-state index >= 15 is 0 Å². The van der Waals surface area contributed by atoms with Crippen molar-refractivity contribution >= 4 is 21.6 Å². The first-order valence-corrected chi connectivity index (χ1v) is 7.10. The number of hydrogen-bond donors (Lipinski definition) is 0. The van der Waals surface area contributed by atoms with E-state index < -0.39 is 0 Å². The number of benzene rings is 2. The van der Waals surface area contributed by atoms with Crippen molar-refractivity contribution in [3.05, 3.63) is 42.0 Å². The largest absolute Gasteiger partial charge is 0.495 e. The molecule has 0 radical (unpaired) electrons. The Kier molecular flexibility index (Phi) is 3.46. The van der Waals surface area contributed by atoms with Gasteiger partial charge in [0.05, 0.1) is 25.9 Å². The van der Waals surface area contributed by atoms with Crippen molar-refractivity contribution in [1.29, 1.82) is 5.26 Å². The molecule has 0 spiro atoms. The first kappa shape index (κ1) is 13.4. The minimum Gasteiger partial charge on any atom is -0.495 e. The predicted molar refractivity (Wildman–Crippen MR) is 82.9 cm³/mol. The van der Waals surface area contributed by atoms with E-state index in [4.69, 9.17) is 14.7 Å². The van der Waals surface area contributed by atoms with Gasteiger partial charge in [0.25, 0.3) is 0 Å². The fraction of sp³-hybridized carbons (Fsp3) is 0.125. The van der Waals surface area contributed by atoms with Crippen molar-refractivity contribution in [3.8, 4) is 28.1 Å². The van der Waals surface area contributed by atoms with E-state index in [0.29, 0.717) is 5.56 Å². The molecule has 0 unspecified atom stereocenters. The van der Waals surface area contributed by atoms with Crippen LogP contribution in [-0.4, -0.2) is 19.2 Å². The molecule has 0 amide bonds. The molecule has 0 bridgehead atoms. The number of nitrogens with zero attached hydrogens (tertiary/aromatic N) is 2. The van der Waals surface area contributed by atoms with Crippen LogP contribution in [-0.2, 0) is 0 Å². The van der Waals surface area contributed by atoms with E-state index in [9.17, 15) is 0 Å². The Morgan fingerprint density at radius 3 is 2.29 bits per heavy atom. The normalized spacial score (nSPS) is 10.3. The quantitative estimate of drug-likeness (QED) is 0.736. The molecule has 5 heteroatoms. The summed E-state index contributed by atoms with van der Waals surface area (Å²) in [7, 11) is 3.27. The molecule has 0 saturated carbocycles. The number of rotatable bonds is 3. The summed E-state index contributed by atoms with van der Waals surface area (Å²) in [5, 5.41) is 9.73. The Bertz CT molecular complexity index is 791. The van der Waals surface area contributed by atoms with E-state index in [0.717, 1.165) is 32.3 Å². The molecule has 0 fully saturated rings. The van der Waals surface area contributed by atoms with E-state index in [1.165, 1.54) is 0 Å². The molecule has 0 aliphatic rings. The zero-order valence-corrected chi connectivity index (χ0v) is 12.4. The van der Waals surface area contributed by atoms with Crippen LogP contribution in [0.5, 0.6) is 11.5 Å². The molecule has 0 saturated heterocycles. The van der Waals surface area contributed by atoms with Gasteiger partial charge < -0.3 is 9.47 Å². The standard InChI is InChI=1S/C16H12N2O2S/c1-19-12-7-8-13(20-2)15-14(12)18-16(21-15)11-5-3-10(9-17)4-6-11/h3-8H,1-2H3. The molecule has 104 valence electrons. The Morgan fingerprint density at radius 1 is 1.00 bits per heavy atom. The Balaban J connectivity index is 2.17. The van der Waals surface area contributed by atoms with Crippen LogP contribution in [0.1, 0.15) is 5.56 Å². The summed E-state index contributed by atoms with van der Waals surface area (Å²) in [4.78, 5) is 4.65. The van der Waals surface area contributed by atoms with Gasteiger partial charge in [0.1, 0.15) is 26.7 Å². The second-order valence-corrected chi connectivity index (χ2v) is 5.36. The summed E-state index contributed by atoms with van der Waals surface area (Å²) in [5.41, 5.74) is 2.40. The Morgan fingerprint density at radius 2 is 1.67 bits per heavy atom. The van der Waals surface area contributed by atoms with Crippen molar-refractivity contribution < 1.29 is 9.47 Å². The summed E-state index contributed by atoms with van der Waals surface area (Å²) in [6.45, 7) is 0. The van der Waals surface area contributed by atoms with Gasteiger partial charge in [-0.25, -0.2) is 4.98 Å². The Hall–Kier alpha value is -2.58. The molecule has 3 aromatic rings. The van der Waals surface area contributed by atoms with Crippen LogP contribution in [0.2, 0.25) is 0 Å². The predicted octanol–water partition coefficient (Wildman–Crippen LogP) is 3.85. The van der Waals surface area contributed by atoms with E-state index in [-0.39, 0.29) is 0 Å². The molecule has 21 heavy (non-hydrogen) atoms. The van der Waals surface area contributed by atoms with Crippen LogP contribution in [0.25, 0.3) is 20.8 Å². The smallest absolute Gasteiger partial charge is 0.146 e. The number of aromatic nitrogens is 1. The van der Waals surface area contributed by atoms with Gasteiger partial charge in [-0.2, -0.15) is 5.26 Å². The molecule has 0 N–H and O–H groups in total. The van der Waals surface area contributed by atoms with Crippen molar-refractivity contribution in [2.75, 3.05) is 14.2 Å². The highest BCUT2D eigenvalue weighted by atomic mass is 32.1. The summed E-state index contributed by atoms with van der Waals surface area (Å²) in [6, 6.07) is 13.2. The molecule has 4 nitrogen and oxygen atoms in total. The maximum absolute atomic E-state index is 8.85. The second kappa shape index (κ2) is 5.43. The van der Waals surface area contributed by atoms with Crippen molar-refractivity contribution in [2.45, 2.75) is 0 Å². The third-order valence-corrected chi connectivity index (χ3v) is 4.29. The zero-order valence-electron chi connectivity index (χ0n) is 11.6. The van der Waals surface area contributed by atoms with Gasteiger partial charge in [-0.1, -0.05) is 12.1 Å². The summed E-state index contributed by atoms with van der Waals surface area (Å²) in [6.07, 6.45) is 0. The molecule has 0 atom stereocenters. The minimum atomic E-state index is 0.634. The Labute approximate surface area is 126 Å². The lowest BCUT2D eigenvalue weighted by Crippen LogP contribution is -1.87. The number of methoxy groups -OCH3 is 2. The van der Waals surface area contributed by atoms with Crippen LogP contribution in [0.3, 0.4) is 0 Å². The van der Waals surface area contributed by atoms with Gasteiger partial charge in [0.2, 0.25) is 0 Å². The fourth-order valence-electron chi connectivity index (χ4n) is 2.10. The van der Waals surface area contributed by atoms with Crippen LogP contribution in [0.4, 0.5) is 0 Å². The van der Waals surface area contributed by atoms with Crippen molar-refractivity contribution in [2.24, 2.45) is 0 Å². The van der Waals surface area contributed by atoms with Crippen molar-refractivity contribution in [3.63, 3.8) is 0 Å². The fourth-order valence-corrected chi connectivity index (χ4v) is 3.18. The van der Waals surface area contributed by atoms with Crippen LogP contribution < -0.4 is 9.47 Å². The van der Waals surface area contributed by atoms with Crippen LogP contribution in [0, 0.1) is 11.3 Å². The topological polar surface area (TPSA) is 55.1 Å². The zero-order chi connectivity index (χ0) is 14.8. The third-order valence-electron chi connectivity index (χ3n) is 3.17. The average molecular weight is 296 g/mol. The summed E-state index contributed by atoms with van der Waals surface area (Å²) in [5.74, 6) is 1.50. The lowest BCUT2D eigenvalue weighted by molar-refractivity contribution is 0.410. The van der Waals surface area contributed by atoms with E-state index in [1.54, 1.807) is 37.7 Å². The van der Waals surface area contributed by atoms with Crippen LogP contribution >= 0.6 is 11.3 Å². The number of nitriles is 1. The van der Waals surface area contributed by atoms with Crippen molar-refractivity contribution in [1.82, 2.24) is 4.98 Å². The highest BCUT2D eigenvalue weighted by Gasteiger charge is 2.14.